The van der Waals surface area contributed by atoms with Crippen LogP contribution in [0.15, 0.2) is 24.3 Å². The lowest BCUT2D eigenvalue weighted by molar-refractivity contribution is 0.0963. The molecule has 1 aliphatic rings. The number of rotatable bonds is 3. The molecule has 1 heterocycles. The molecule has 4 heteroatoms. The van der Waals surface area contributed by atoms with E-state index < -0.39 is 0 Å². The van der Waals surface area contributed by atoms with Crippen LogP contribution in [0.25, 0.3) is 0 Å². The number of carbonyl (C=O) groups is 1. The zero-order valence-electron chi connectivity index (χ0n) is 10.2. The lowest BCUT2D eigenvalue weighted by atomic mass is 10.1. The van der Waals surface area contributed by atoms with Gasteiger partial charge in [0.1, 0.15) is 0 Å². The highest BCUT2D eigenvalue weighted by Gasteiger charge is 2.23. The predicted molar refractivity (Wildman–Crippen MR) is 73.8 cm³/mol. The van der Waals surface area contributed by atoms with Gasteiger partial charge in [-0.25, -0.2) is 0 Å². The zero-order chi connectivity index (χ0) is 12.3. The van der Waals surface area contributed by atoms with E-state index in [2.05, 4.69) is 17.6 Å². The van der Waals surface area contributed by atoms with Crippen LogP contribution in [0.5, 0.6) is 0 Å². The summed E-state index contributed by atoms with van der Waals surface area (Å²) in [5, 5.41) is 6.80. The maximum atomic E-state index is 11.4. The molecule has 92 valence electrons. The number of nitrogens with one attached hydrogen (secondary N) is 2. The van der Waals surface area contributed by atoms with Crippen LogP contribution in [0.4, 0.5) is 5.69 Å². The van der Waals surface area contributed by atoms with E-state index in [0.29, 0.717) is 16.9 Å². The molecule has 0 radical (unpaired) electrons. The Morgan fingerprint density at radius 2 is 2.06 bits per heavy atom. The second-order valence-corrected chi connectivity index (χ2v) is 5.76. The van der Waals surface area contributed by atoms with E-state index in [1.165, 1.54) is 12.2 Å². The maximum absolute atomic E-state index is 11.4. The van der Waals surface area contributed by atoms with Gasteiger partial charge in [-0.2, -0.15) is 11.8 Å². The summed E-state index contributed by atoms with van der Waals surface area (Å²) in [5.74, 6) is 1.19. The van der Waals surface area contributed by atoms with E-state index in [0.717, 1.165) is 5.69 Å². The van der Waals surface area contributed by atoms with Crippen LogP contribution in [-0.2, 0) is 0 Å². The van der Waals surface area contributed by atoms with E-state index in [1.54, 1.807) is 7.05 Å². The predicted octanol–water partition coefficient (Wildman–Crippen LogP) is 2.35. The molecule has 1 saturated heterocycles. The van der Waals surface area contributed by atoms with Gasteiger partial charge in [0.25, 0.3) is 5.91 Å². The Kier molecular flexibility index (Phi) is 3.94. The molecule has 0 aliphatic carbocycles. The van der Waals surface area contributed by atoms with Crippen LogP contribution < -0.4 is 10.6 Å². The Hall–Kier alpha value is -1.16. The first kappa shape index (κ1) is 12.3. The summed E-state index contributed by atoms with van der Waals surface area (Å²) in [5.41, 5.74) is 1.80. The molecule has 1 aromatic carbocycles. The monoisotopic (exact) mass is 250 g/mol. The second-order valence-electron chi connectivity index (χ2n) is 4.27. The number of benzene rings is 1. The van der Waals surface area contributed by atoms with Crippen LogP contribution in [-0.4, -0.2) is 30.0 Å². The highest BCUT2D eigenvalue weighted by atomic mass is 32.2. The molecule has 0 aromatic heterocycles. The Balaban J connectivity index is 2.00. The van der Waals surface area contributed by atoms with Crippen molar-refractivity contribution in [2.45, 2.75) is 24.6 Å². The minimum atomic E-state index is -0.0404. The number of thioether (sulfide) groups is 1. The van der Waals surface area contributed by atoms with Gasteiger partial charge in [-0.3, -0.25) is 4.79 Å². The first-order valence-electron chi connectivity index (χ1n) is 5.91. The fourth-order valence-electron chi connectivity index (χ4n) is 2.00. The van der Waals surface area contributed by atoms with E-state index in [1.807, 2.05) is 36.0 Å². The molecule has 1 aromatic rings. The average molecular weight is 250 g/mol. The fourth-order valence-corrected chi connectivity index (χ4v) is 3.20. The summed E-state index contributed by atoms with van der Waals surface area (Å²) >= 11 is 2.01. The Morgan fingerprint density at radius 1 is 1.35 bits per heavy atom. The van der Waals surface area contributed by atoms with E-state index >= 15 is 0 Å². The molecule has 3 nitrogen and oxygen atoms in total. The van der Waals surface area contributed by atoms with Crippen molar-refractivity contribution in [3.05, 3.63) is 29.8 Å². The second kappa shape index (κ2) is 5.45. The van der Waals surface area contributed by atoms with Gasteiger partial charge in [-0.05, 0) is 36.4 Å². The minimum absolute atomic E-state index is 0.0404. The number of amides is 1. The van der Waals surface area contributed by atoms with Crippen molar-refractivity contribution >= 4 is 23.4 Å². The fraction of sp³-hybridized carbons (Fsp3) is 0.462. The lowest BCUT2D eigenvalue weighted by Gasteiger charge is -2.17. The van der Waals surface area contributed by atoms with Gasteiger partial charge >= 0.3 is 0 Å². The molecular weight excluding hydrogens is 232 g/mol. The van der Waals surface area contributed by atoms with Crippen LogP contribution in [0.1, 0.15) is 23.7 Å². The van der Waals surface area contributed by atoms with E-state index in [9.17, 15) is 4.79 Å². The molecule has 1 amide bonds. The summed E-state index contributed by atoms with van der Waals surface area (Å²) in [7, 11) is 1.64. The number of hydrogen-bond acceptors (Lipinski definition) is 3. The molecule has 2 unspecified atom stereocenters. The number of carbonyl (C=O) groups excluding carboxylic acids is 1. The molecule has 2 rings (SSSR count). The molecule has 2 atom stereocenters. The number of anilines is 1. The Bertz CT molecular complexity index is 391. The highest BCUT2D eigenvalue weighted by molar-refractivity contribution is 8.00. The first-order valence-corrected chi connectivity index (χ1v) is 6.96. The van der Waals surface area contributed by atoms with Crippen molar-refractivity contribution in [3.63, 3.8) is 0 Å². The molecule has 0 bridgehead atoms. The van der Waals surface area contributed by atoms with Gasteiger partial charge in [-0.1, -0.05) is 6.92 Å². The van der Waals surface area contributed by atoms with Gasteiger partial charge in [0.05, 0.1) is 0 Å². The lowest BCUT2D eigenvalue weighted by Crippen LogP contribution is -2.24. The molecule has 0 saturated carbocycles. The number of hydrogen-bond donors (Lipinski definition) is 2. The van der Waals surface area contributed by atoms with Crippen LogP contribution in [0.2, 0.25) is 0 Å². The van der Waals surface area contributed by atoms with Gasteiger partial charge in [-0.15, -0.1) is 0 Å². The zero-order valence-corrected chi connectivity index (χ0v) is 11.0. The van der Waals surface area contributed by atoms with Crippen molar-refractivity contribution in [1.82, 2.24) is 5.32 Å². The molecule has 1 fully saturated rings. The van der Waals surface area contributed by atoms with Crippen LogP contribution in [0, 0.1) is 0 Å². The van der Waals surface area contributed by atoms with Crippen molar-refractivity contribution in [2.24, 2.45) is 0 Å². The smallest absolute Gasteiger partial charge is 0.251 e. The van der Waals surface area contributed by atoms with Crippen LogP contribution >= 0.6 is 11.8 Å². The maximum Gasteiger partial charge on any atom is 0.251 e. The summed E-state index contributed by atoms with van der Waals surface area (Å²) in [6, 6.07) is 8.20. The normalized spacial score (nSPS) is 23.4. The van der Waals surface area contributed by atoms with E-state index in [-0.39, 0.29) is 5.91 Å². The van der Waals surface area contributed by atoms with Gasteiger partial charge in [0.2, 0.25) is 0 Å². The van der Waals surface area contributed by atoms with Crippen molar-refractivity contribution < 1.29 is 4.79 Å². The van der Waals surface area contributed by atoms with Crippen molar-refractivity contribution in [1.29, 1.82) is 0 Å². The third kappa shape index (κ3) is 2.94. The molecule has 2 N–H and O–H groups in total. The van der Waals surface area contributed by atoms with Gasteiger partial charge in [0.15, 0.2) is 0 Å². The third-order valence-electron chi connectivity index (χ3n) is 3.10. The van der Waals surface area contributed by atoms with Crippen LogP contribution in [0.3, 0.4) is 0 Å². The third-order valence-corrected chi connectivity index (χ3v) is 4.43. The molecule has 1 aliphatic heterocycles. The largest absolute Gasteiger partial charge is 0.381 e. The first-order chi connectivity index (χ1) is 8.20. The average Bonchev–Trinajstić information content (AvgIpc) is 2.75. The summed E-state index contributed by atoms with van der Waals surface area (Å²) in [6.45, 7) is 2.26. The molecule has 0 spiro atoms. The van der Waals surface area contributed by atoms with E-state index in [4.69, 9.17) is 0 Å². The summed E-state index contributed by atoms with van der Waals surface area (Å²) in [6.07, 6.45) is 1.21. The molecular formula is C13H18N2OS. The highest BCUT2D eigenvalue weighted by Crippen LogP contribution is 2.28. The standard InChI is InChI=1S/C13H18N2OS/c1-9-12(7-8-17-9)15-11-5-3-10(4-6-11)13(16)14-2/h3-6,9,12,15H,7-8H2,1-2H3,(H,14,16). The van der Waals surface area contributed by atoms with Gasteiger partial charge in [0, 0.05) is 29.6 Å². The summed E-state index contributed by atoms with van der Waals surface area (Å²) < 4.78 is 0. The Morgan fingerprint density at radius 3 is 2.59 bits per heavy atom. The minimum Gasteiger partial charge on any atom is -0.381 e. The van der Waals surface area contributed by atoms with Crippen molar-refractivity contribution in [2.75, 3.05) is 18.1 Å². The summed E-state index contributed by atoms with van der Waals surface area (Å²) in [4.78, 5) is 11.4. The SMILES string of the molecule is CNC(=O)c1ccc(NC2CCSC2C)cc1. The molecule has 17 heavy (non-hydrogen) atoms. The Labute approximate surface area is 106 Å². The topological polar surface area (TPSA) is 41.1 Å². The van der Waals surface area contributed by atoms with Crippen molar-refractivity contribution in [3.8, 4) is 0 Å². The van der Waals surface area contributed by atoms with Gasteiger partial charge < -0.3 is 10.6 Å². The quantitative estimate of drug-likeness (QED) is 0.865.